The monoisotopic (exact) mass is 240 g/mol. The summed E-state index contributed by atoms with van der Waals surface area (Å²) in [6, 6.07) is 0. The Bertz CT molecular complexity index is 516. The van der Waals surface area contributed by atoms with E-state index in [2.05, 4.69) is 0 Å². The Hall–Kier alpha value is -0.814. The number of nitrogens with zero attached hydrogens (tertiary/aromatic N) is 1. The first kappa shape index (κ1) is 14.2. The smallest absolute Gasteiger partial charge is 0.476 e. The normalized spacial score (nSPS) is 9.07. The molecule has 0 saturated heterocycles. The molecule has 0 fully saturated rings. The first-order valence-electron chi connectivity index (χ1n) is 3.17. The van der Waals surface area contributed by atoms with Gasteiger partial charge in [0.05, 0.1) is 4.92 Å². The quantitative estimate of drug-likeness (QED) is 0.270. The molecule has 0 aromatic carbocycles. The van der Waals surface area contributed by atoms with E-state index in [9.17, 15) is 24.5 Å². The number of aromatic carboxylic acids is 1. The second-order valence-corrected chi connectivity index (χ2v) is 2.19. The van der Waals surface area contributed by atoms with E-state index in [1.807, 2.05) is 0 Å². The van der Waals surface area contributed by atoms with E-state index in [1.165, 1.54) is 0 Å². The van der Waals surface area contributed by atoms with E-state index < -0.39 is 33.5 Å². The molecule has 0 saturated carbocycles. The molecule has 0 unspecified atom stereocenters. The SMILES string of the molecule is O=C(O)c1[nH]c(=O)[nH]c(=O)c1[N+](=O)[O-].[K+]. The Morgan fingerprint density at radius 1 is 1.33 bits per heavy atom. The number of nitrogens with one attached hydrogen (secondary N) is 2. The average molecular weight is 240 g/mol. The Balaban J connectivity index is 0.00000196. The van der Waals surface area contributed by atoms with Crippen LogP contribution < -0.4 is 62.6 Å². The van der Waals surface area contributed by atoms with Crippen LogP contribution in [-0.4, -0.2) is 26.0 Å². The predicted molar refractivity (Wildman–Crippen MR) is 41.3 cm³/mol. The van der Waals surface area contributed by atoms with Gasteiger partial charge in [0, 0.05) is 0 Å². The van der Waals surface area contributed by atoms with Gasteiger partial charge in [-0.2, -0.15) is 0 Å². The Labute approximate surface area is 123 Å². The number of carboxylic acids is 1. The van der Waals surface area contributed by atoms with Gasteiger partial charge in [-0.15, -0.1) is 0 Å². The van der Waals surface area contributed by atoms with E-state index in [4.69, 9.17) is 5.11 Å². The van der Waals surface area contributed by atoms with Gasteiger partial charge in [0.2, 0.25) is 5.69 Å². The minimum atomic E-state index is -1.75. The van der Waals surface area contributed by atoms with Gasteiger partial charge in [-0.25, -0.2) is 9.59 Å². The molecular weight excluding hydrogens is 237 g/mol. The van der Waals surface area contributed by atoms with E-state index in [-0.39, 0.29) is 51.4 Å². The molecule has 0 aliphatic heterocycles. The van der Waals surface area contributed by atoms with Crippen LogP contribution in [0.15, 0.2) is 9.59 Å². The third kappa shape index (κ3) is 3.07. The summed E-state index contributed by atoms with van der Waals surface area (Å²) in [5, 5.41) is 18.7. The largest absolute Gasteiger partial charge is 1.00 e. The second kappa shape index (κ2) is 5.32. The van der Waals surface area contributed by atoms with Gasteiger partial charge in [0.25, 0.3) is 0 Å². The molecule has 74 valence electrons. The van der Waals surface area contributed by atoms with Gasteiger partial charge < -0.3 is 5.11 Å². The van der Waals surface area contributed by atoms with Crippen molar-refractivity contribution >= 4 is 11.7 Å². The van der Waals surface area contributed by atoms with Crippen LogP contribution in [0.3, 0.4) is 0 Å². The molecule has 3 N–H and O–H groups in total. The average Bonchev–Trinajstić information content (AvgIpc) is 2.01. The van der Waals surface area contributed by atoms with Crippen LogP contribution in [0.5, 0.6) is 0 Å². The number of aromatic amines is 2. The first-order valence-corrected chi connectivity index (χ1v) is 3.17. The van der Waals surface area contributed by atoms with Gasteiger partial charge in [0.15, 0.2) is 0 Å². The van der Waals surface area contributed by atoms with Crippen molar-refractivity contribution < 1.29 is 66.2 Å². The number of H-pyrrole nitrogens is 2. The second-order valence-electron chi connectivity index (χ2n) is 2.19. The minimum absolute atomic E-state index is 0. The van der Waals surface area contributed by atoms with Crippen molar-refractivity contribution in [2.24, 2.45) is 0 Å². The summed E-state index contributed by atoms with van der Waals surface area (Å²) in [5.41, 5.74) is -4.70. The molecule has 9 nitrogen and oxygen atoms in total. The van der Waals surface area contributed by atoms with Crippen LogP contribution in [0.2, 0.25) is 0 Å². The van der Waals surface area contributed by atoms with Crippen molar-refractivity contribution in [3.8, 4) is 0 Å². The van der Waals surface area contributed by atoms with Crippen LogP contribution in [-0.2, 0) is 0 Å². The molecule has 10 heteroatoms. The summed E-state index contributed by atoms with van der Waals surface area (Å²) in [4.78, 5) is 44.1. The van der Waals surface area contributed by atoms with Crippen molar-refractivity contribution in [1.29, 1.82) is 0 Å². The van der Waals surface area contributed by atoms with Crippen molar-refractivity contribution in [3.05, 3.63) is 36.6 Å². The van der Waals surface area contributed by atoms with Gasteiger partial charge in [-0.05, 0) is 0 Å². The van der Waals surface area contributed by atoms with E-state index >= 15 is 0 Å². The van der Waals surface area contributed by atoms with Gasteiger partial charge in [0.1, 0.15) is 0 Å². The Kier molecular flexibility index (Phi) is 5.03. The van der Waals surface area contributed by atoms with Crippen LogP contribution in [0, 0.1) is 10.1 Å². The zero-order chi connectivity index (χ0) is 10.9. The number of hydrogen-bond donors (Lipinski definition) is 3. The summed E-state index contributed by atoms with van der Waals surface area (Å²) >= 11 is 0. The predicted octanol–water partition coefficient (Wildman–Crippen LogP) is -4.33. The van der Waals surface area contributed by atoms with E-state index in [1.54, 1.807) is 9.97 Å². The number of hydrogen-bond acceptors (Lipinski definition) is 5. The summed E-state index contributed by atoms with van der Waals surface area (Å²) in [6.45, 7) is 0. The maximum absolute atomic E-state index is 10.8. The molecule has 1 aromatic rings. The summed E-state index contributed by atoms with van der Waals surface area (Å²) in [7, 11) is 0. The number of nitro groups is 1. The van der Waals surface area contributed by atoms with Crippen LogP contribution in [0.25, 0.3) is 0 Å². The molecule has 1 rings (SSSR count). The molecule has 0 amide bonds. The first-order chi connectivity index (χ1) is 6.43. The maximum atomic E-state index is 10.8. The number of aromatic nitrogens is 2. The zero-order valence-electron chi connectivity index (χ0n) is 7.44. The maximum Gasteiger partial charge on any atom is 1.00 e. The molecular formula is C5H3KN3O6+. The fourth-order valence-corrected chi connectivity index (χ4v) is 0.809. The van der Waals surface area contributed by atoms with Crippen molar-refractivity contribution in [3.63, 3.8) is 0 Å². The van der Waals surface area contributed by atoms with E-state index in [0.717, 1.165) is 0 Å². The number of rotatable bonds is 2. The molecule has 15 heavy (non-hydrogen) atoms. The number of carboxylic acid groups (broad SMARTS) is 1. The fraction of sp³-hybridized carbons (Fsp3) is 0. The van der Waals surface area contributed by atoms with Crippen molar-refractivity contribution in [1.82, 2.24) is 9.97 Å². The third-order valence-corrected chi connectivity index (χ3v) is 1.31. The molecule has 1 aromatic heterocycles. The standard InChI is InChI=1S/C5H3N3O6.K/c9-3-2(8(13)14)1(4(10)11)6-5(12)7-3;/h(H,10,11)(H2,6,7,9,12);/q;+1. The van der Waals surface area contributed by atoms with Gasteiger partial charge in [-0.3, -0.25) is 24.9 Å². The van der Waals surface area contributed by atoms with Crippen LogP contribution in [0.1, 0.15) is 10.5 Å². The molecule has 0 spiro atoms. The fourth-order valence-electron chi connectivity index (χ4n) is 0.809. The molecule has 1 heterocycles. The topological polar surface area (TPSA) is 146 Å². The van der Waals surface area contributed by atoms with E-state index in [0.29, 0.717) is 0 Å². The molecule has 0 aliphatic rings. The minimum Gasteiger partial charge on any atom is -0.476 e. The van der Waals surface area contributed by atoms with Crippen molar-refractivity contribution in [2.75, 3.05) is 0 Å². The molecule has 0 aliphatic carbocycles. The third-order valence-electron chi connectivity index (χ3n) is 1.31. The Morgan fingerprint density at radius 2 is 1.87 bits per heavy atom. The summed E-state index contributed by atoms with van der Waals surface area (Å²) in [5.74, 6) is -1.75. The zero-order valence-corrected chi connectivity index (χ0v) is 10.6. The Morgan fingerprint density at radius 3 is 2.27 bits per heavy atom. The van der Waals surface area contributed by atoms with Gasteiger partial charge >= 0.3 is 74.3 Å². The van der Waals surface area contributed by atoms with Crippen molar-refractivity contribution in [2.45, 2.75) is 0 Å². The number of carbonyl (C=O) groups is 1. The summed E-state index contributed by atoms with van der Waals surface area (Å²) in [6.07, 6.45) is 0. The van der Waals surface area contributed by atoms with Crippen LogP contribution in [0.4, 0.5) is 5.69 Å². The molecule has 0 radical (unpaired) electrons. The van der Waals surface area contributed by atoms with Crippen LogP contribution >= 0.6 is 0 Å². The van der Waals surface area contributed by atoms with Gasteiger partial charge in [-0.1, -0.05) is 0 Å². The molecule has 0 atom stereocenters. The molecule has 0 bridgehead atoms. The summed E-state index contributed by atoms with van der Waals surface area (Å²) < 4.78 is 0.